The molecule has 0 aromatic carbocycles. The maximum atomic E-state index is 12.0. The van der Waals surface area contributed by atoms with Crippen molar-refractivity contribution in [2.24, 2.45) is 5.89 Å². The van der Waals surface area contributed by atoms with E-state index < -0.39 is 37.0 Å². The third-order valence-corrected chi connectivity index (χ3v) is 2.58. The van der Waals surface area contributed by atoms with E-state index in [4.69, 9.17) is 6.85 Å². The van der Waals surface area contributed by atoms with Crippen LogP contribution in [0.3, 0.4) is 0 Å². The van der Waals surface area contributed by atoms with Crippen LogP contribution in [0.15, 0.2) is 0 Å². The van der Waals surface area contributed by atoms with Gasteiger partial charge < -0.3 is 4.90 Å². The number of carbonyl (C=O) groups excluding carboxylic acids is 2. The second-order valence-electron chi connectivity index (χ2n) is 3.71. The maximum Gasteiger partial charge on any atom is 0.223 e. The van der Waals surface area contributed by atoms with Crippen molar-refractivity contribution in [3.05, 3.63) is 0 Å². The zero-order valence-corrected chi connectivity index (χ0v) is 9.46. The number of ketones is 1. The lowest BCUT2D eigenvalue weighted by molar-refractivity contribution is -0.135. The third-order valence-electron chi connectivity index (χ3n) is 2.58. The predicted molar refractivity (Wildman–Crippen MR) is 59.5 cm³/mol. The van der Waals surface area contributed by atoms with Crippen LogP contribution in [0.4, 0.5) is 0 Å². The predicted octanol–water partition coefficient (Wildman–Crippen LogP) is 2.00. The molecule has 1 fully saturated rings. The number of amides is 1. The van der Waals surface area contributed by atoms with Crippen molar-refractivity contribution in [1.29, 1.82) is 0 Å². The first-order valence-electron chi connectivity index (χ1n) is 7.67. The van der Waals surface area contributed by atoms with Gasteiger partial charge in [0.1, 0.15) is 0 Å². The number of hydrogen-bond donors (Lipinski definition) is 0. The van der Waals surface area contributed by atoms with Gasteiger partial charge in [0.15, 0.2) is 5.78 Å². The van der Waals surface area contributed by atoms with Crippen LogP contribution >= 0.6 is 0 Å². The summed E-state index contributed by atoms with van der Waals surface area (Å²) in [4.78, 5) is 24.8. The fourth-order valence-corrected chi connectivity index (χ4v) is 1.91. The van der Waals surface area contributed by atoms with E-state index in [0.29, 0.717) is 6.42 Å². The Bertz CT molecular complexity index is 421. The van der Waals surface area contributed by atoms with Gasteiger partial charge in [-0.15, -0.1) is 0 Å². The molecule has 0 spiro atoms. The molecule has 0 aromatic heterocycles. The quantitative estimate of drug-likeness (QED) is 0.705. The second-order valence-corrected chi connectivity index (χ2v) is 3.71. The molecular formula is C12H21NO2. The van der Waals surface area contributed by atoms with Gasteiger partial charge in [-0.3, -0.25) is 9.59 Å². The molecule has 86 valence electrons. The van der Waals surface area contributed by atoms with Crippen LogP contribution in [0, 0.1) is 5.89 Å². The molecule has 15 heavy (non-hydrogen) atoms. The Morgan fingerprint density at radius 1 is 1.73 bits per heavy atom. The van der Waals surface area contributed by atoms with Crippen molar-refractivity contribution in [2.45, 2.75) is 52.4 Å². The summed E-state index contributed by atoms with van der Waals surface area (Å²) >= 11 is 0. The van der Waals surface area contributed by atoms with Crippen molar-refractivity contribution >= 4 is 11.7 Å². The van der Waals surface area contributed by atoms with E-state index in [1.54, 1.807) is 6.92 Å². The largest absolute Gasteiger partial charge is 0.332 e. The van der Waals surface area contributed by atoms with Gasteiger partial charge >= 0.3 is 0 Å². The molecule has 3 heteroatoms. The first kappa shape index (κ1) is 6.66. The van der Waals surface area contributed by atoms with Gasteiger partial charge in [-0.1, -0.05) is 20.2 Å². The summed E-state index contributed by atoms with van der Waals surface area (Å²) in [5, 5.41) is 0. The summed E-state index contributed by atoms with van der Waals surface area (Å²) in [6.45, 7) is 3.92. The Hall–Kier alpha value is -0.860. The average Bonchev–Trinajstić information content (AvgIpc) is 2.55. The SMILES string of the molecule is [2H]C([2H])(C)C([2H])([2H])[C@]1([2H])CC(=O)N([C@@H](CC)C(C)=O)C1. The lowest BCUT2D eigenvalue weighted by Gasteiger charge is -2.24. The van der Waals surface area contributed by atoms with Crippen LogP contribution in [0.2, 0.25) is 0 Å². The Kier molecular flexibility index (Phi) is 2.35. The molecular weight excluding hydrogens is 190 g/mol. The second kappa shape index (κ2) is 5.29. The van der Waals surface area contributed by atoms with Gasteiger partial charge in [0.25, 0.3) is 0 Å². The first-order chi connectivity index (χ1) is 8.87. The molecule has 1 saturated heterocycles. The number of rotatable bonds is 5. The highest BCUT2D eigenvalue weighted by Crippen LogP contribution is 2.25. The molecule has 0 aromatic rings. The average molecular weight is 216 g/mol. The van der Waals surface area contributed by atoms with Gasteiger partial charge in [0, 0.05) is 19.8 Å². The zero-order chi connectivity index (χ0) is 15.9. The number of likely N-dealkylation sites (tertiary alicyclic amines) is 1. The van der Waals surface area contributed by atoms with Crippen LogP contribution < -0.4 is 0 Å². The highest BCUT2D eigenvalue weighted by atomic mass is 16.2. The summed E-state index contributed by atoms with van der Waals surface area (Å²) in [5.41, 5.74) is 0. The lowest BCUT2D eigenvalue weighted by Crippen LogP contribution is -2.40. The third kappa shape index (κ3) is 2.80. The zero-order valence-electron chi connectivity index (χ0n) is 14.5. The summed E-state index contributed by atoms with van der Waals surface area (Å²) < 4.78 is 39.2. The van der Waals surface area contributed by atoms with Gasteiger partial charge in [-0.2, -0.15) is 0 Å². The summed E-state index contributed by atoms with van der Waals surface area (Å²) in [6.07, 6.45) is -4.74. The highest BCUT2D eigenvalue weighted by molar-refractivity contribution is 5.88. The molecule has 1 aliphatic heterocycles. The molecule has 0 unspecified atom stereocenters. The van der Waals surface area contributed by atoms with Crippen LogP contribution in [-0.2, 0) is 9.59 Å². The summed E-state index contributed by atoms with van der Waals surface area (Å²) in [7, 11) is 0. The molecule has 1 amide bonds. The Morgan fingerprint density at radius 3 is 2.87 bits per heavy atom. The number of hydrogen-bond acceptors (Lipinski definition) is 2. The fraction of sp³-hybridized carbons (Fsp3) is 0.833. The molecule has 1 rings (SSSR count). The standard InChI is InChI=1S/C12H21NO2/c1-4-6-10-7-12(15)13(8-10)11(5-2)9(3)14/h10-11H,4-8H2,1-3H3/t10-,11+/m1/s1/i4D2,6D2,10D. The molecule has 0 saturated carbocycles. The monoisotopic (exact) mass is 216 g/mol. The minimum atomic E-state index is -2.49. The van der Waals surface area contributed by atoms with Crippen molar-refractivity contribution in [3.63, 3.8) is 0 Å². The van der Waals surface area contributed by atoms with Gasteiger partial charge in [-0.25, -0.2) is 0 Å². The van der Waals surface area contributed by atoms with E-state index in [0.717, 1.165) is 6.92 Å². The Balaban J connectivity index is 3.10. The van der Waals surface area contributed by atoms with Crippen LogP contribution in [-0.4, -0.2) is 29.2 Å². The van der Waals surface area contributed by atoms with Gasteiger partial charge in [0.05, 0.1) is 6.04 Å². The molecule has 0 radical (unpaired) electrons. The molecule has 0 bridgehead atoms. The normalized spacial score (nSPS) is 35.0. The van der Waals surface area contributed by atoms with E-state index in [9.17, 15) is 9.59 Å². The number of Topliss-reactive ketones (excluding diaryl/α,β-unsaturated/α-hetero) is 1. The van der Waals surface area contributed by atoms with E-state index in [-0.39, 0.29) is 12.3 Å². The van der Waals surface area contributed by atoms with Crippen LogP contribution in [0.5, 0.6) is 0 Å². The van der Waals surface area contributed by atoms with E-state index in [1.807, 2.05) is 0 Å². The minimum absolute atomic E-state index is 0.204. The molecule has 1 heterocycles. The molecule has 1 aliphatic rings. The first-order valence-corrected chi connectivity index (χ1v) is 5.17. The number of nitrogens with zero attached hydrogens (tertiary/aromatic N) is 1. The molecule has 2 atom stereocenters. The van der Waals surface area contributed by atoms with E-state index in [2.05, 4.69) is 0 Å². The topological polar surface area (TPSA) is 37.4 Å². The Morgan fingerprint density at radius 2 is 2.40 bits per heavy atom. The summed E-state index contributed by atoms with van der Waals surface area (Å²) in [5.74, 6) is -2.55. The van der Waals surface area contributed by atoms with Crippen molar-refractivity contribution in [3.8, 4) is 0 Å². The molecule has 0 aliphatic carbocycles. The van der Waals surface area contributed by atoms with Crippen molar-refractivity contribution in [2.75, 3.05) is 6.54 Å². The highest BCUT2D eigenvalue weighted by Gasteiger charge is 2.34. The number of carbonyl (C=O) groups is 2. The van der Waals surface area contributed by atoms with E-state index >= 15 is 0 Å². The Labute approximate surface area is 98.9 Å². The smallest absolute Gasteiger partial charge is 0.223 e. The summed E-state index contributed by atoms with van der Waals surface area (Å²) in [6, 6.07) is -0.659. The minimum Gasteiger partial charge on any atom is -0.332 e. The van der Waals surface area contributed by atoms with Gasteiger partial charge in [0.2, 0.25) is 5.91 Å². The fourth-order valence-electron chi connectivity index (χ4n) is 1.91. The molecule has 3 nitrogen and oxygen atoms in total. The van der Waals surface area contributed by atoms with Gasteiger partial charge in [-0.05, 0) is 25.6 Å². The molecule has 0 N–H and O–H groups in total. The van der Waals surface area contributed by atoms with Crippen LogP contribution in [0.1, 0.15) is 53.2 Å². The maximum absolute atomic E-state index is 12.0. The van der Waals surface area contributed by atoms with Crippen molar-refractivity contribution < 1.29 is 16.4 Å². The lowest BCUT2D eigenvalue weighted by atomic mass is 10.0. The van der Waals surface area contributed by atoms with Crippen molar-refractivity contribution in [1.82, 2.24) is 4.90 Å². The van der Waals surface area contributed by atoms with Crippen LogP contribution in [0.25, 0.3) is 0 Å². The van der Waals surface area contributed by atoms with E-state index in [1.165, 1.54) is 11.8 Å².